The predicted octanol–water partition coefficient (Wildman–Crippen LogP) is 2.60. The van der Waals surface area contributed by atoms with E-state index in [-0.39, 0.29) is 24.9 Å². The highest BCUT2D eigenvalue weighted by Gasteiger charge is 2.20. The van der Waals surface area contributed by atoms with E-state index in [0.29, 0.717) is 18.1 Å². The fourth-order valence-corrected chi connectivity index (χ4v) is 2.22. The van der Waals surface area contributed by atoms with Crippen LogP contribution in [0.4, 0.5) is 0 Å². The van der Waals surface area contributed by atoms with Crippen LogP contribution in [0, 0.1) is 0 Å². The summed E-state index contributed by atoms with van der Waals surface area (Å²) in [6.07, 6.45) is 2.14. The molecule has 1 amide bonds. The van der Waals surface area contributed by atoms with Crippen molar-refractivity contribution in [1.82, 2.24) is 9.88 Å². The summed E-state index contributed by atoms with van der Waals surface area (Å²) >= 11 is 0. The first-order valence-electron chi connectivity index (χ1n) is 7.48. The molecule has 1 N–H and O–H groups in total. The van der Waals surface area contributed by atoms with Crippen LogP contribution in [-0.2, 0) is 16.0 Å². The van der Waals surface area contributed by atoms with Gasteiger partial charge >= 0.3 is 5.97 Å². The molecule has 0 saturated heterocycles. The number of aryl methyl sites for hydroxylation is 1. The Hall–Kier alpha value is -2.63. The molecule has 2 rings (SSSR count). The van der Waals surface area contributed by atoms with Crippen LogP contribution in [0.1, 0.15) is 26.2 Å². The molecule has 0 atom stereocenters. The second-order valence-corrected chi connectivity index (χ2v) is 5.49. The van der Waals surface area contributed by atoms with Crippen LogP contribution in [0.15, 0.2) is 40.9 Å². The Bertz CT molecular complexity index is 664. The van der Waals surface area contributed by atoms with Crippen LogP contribution in [0.25, 0.3) is 11.3 Å². The molecule has 0 aliphatic rings. The average Bonchev–Trinajstić information content (AvgIpc) is 2.99. The van der Waals surface area contributed by atoms with E-state index in [9.17, 15) is 9.59 Å². The fraction of sp³-hybridized carbons (Fsp3) is 0.353. The zero-order valence-electron chi connectivity index (χ0n) is 13.2. The number of oxazole rings is 1. The number of amides is 1. The van der Waals surface area contributed by atoms with Crippen molar-refractivity contribution in [3.05, 3.63) is 42.4 Å². The van der Waals surface area contributed by atoms with E-state index in [4.69, 9.17) is 9.52 Å². The molecule has 23 heavy (non-hydrogen) atoms. The number of nitrogens with zero attached hydrogens (tertiary/aromatic N) is 2. The molecule has 6 nitrogen and oxygen atoms in total. The highest BCUT2D eigenvalue weighted by molar-refractivity contribution is 5.81. The summed E-state index contributed by atoms with van der Waals surface area (Å²) in [5.41, 5.74) is 0.923. The summed E-state index contributed by atoms with van der Waals surface area (Å²) in [5, 5.41) is 8.87. The number of aliphatic carboxylic acids is 1. The maximum atomic E-state index is 12.2. The molecule has 0 aliphatic heterocycles. The Kier molecular flexibility index (Phi) is 5.51. The van der Waals surface area contributed by atoms with E-state index >= 15 is 0 Å². The molecule has 0 aliphatic carbocycles. The minimum atomic E-state index is -1.02. The smallest absolute Gasteiger partial charge is 0.323 e. The molecule has 122 valence electrons. The van der Waals surface area contributed by atoms with Crippen molar-refractivity contribution in [2.45, 2.75) is 32.7 Å². The number of carboxylic acid groups (broad SMARTS) is 1. The first-order valence-corrected chi connectivity index (χ1v) is 7.48. The van der Waals surface area contributed by atoms with Gasteiger partial charge in [0.15, 0.2) is 11.7 Å². The topological polar surface area (TPSA) is 83.6 Å². The Morgan fingerprint density at radius 2 is 1.96 bits per heavy atom. The van der Waals surface area contributed by atoms with Crippen molar-refractivity contribution in [3.8, 4) is 11.3 Å². The van der Waals surface area contributed by atoms with Crippen LogP contribution >= 0.6 is 0 Å². The number of benzene rings is 1. The lowest BCUT2D eigenvalue weighted by atomic mass is 10.2. The minimum absolute atomic E-state index is 0.164. The Morgan fingerprint density at radius 3 is 2.57 bits per heavy atom. The van der Waals surface area contributed by atoms with Gasteiger partial charge < -0.3 is 14.4 Å². The van der Waals surface area contributed by atoms with Crippen molar-refractivity contribution in [2.75, 3.05) is 6.54 Å². The Morgan fingerprint density at radius 1 is 1.26 bits per heavy atom. The number of carboxylic acids is 1. The van der Waals surface area contributed by atoms with Gasteiger partial charge in [0, 0.05) is 24.4 Å². The summed E-state index contributed by atoms with van der Waals surface area (Å²) in [6.45, 7) is 3.29. The SMILES string of the molecule is CC(C)N(CC(=O)O)C(=O)CCc1ncc(-c2ccccc2)o1. The van der Waals surface area contributed by atoms with Crippen molar-refractivity contribution in [2.24, 2.45) is 0 Å². The summed E-state index contributed by atoms with van der Waals surface area (Å²) < 4.78 is 5.64. The van der Waals surface area contributed by atoms with Gasteiger partial charge in [0.2, 0.25) is 5.91 Å². The number of rotatable bonds is 7. The Labute approximate surface area is 134 Å². The monoisotopic (exact) mass is 316 g/mol. The van der Waals surface area contributed by atoms with E-state index < -0.39 is 5.97 Å². The lowest BCUT2D eigenvalue weighted by Crippen LogP contribution is -2.40. The van der Waals surface area contributed by atoms with E-state index in [1.165, 1.54) is 4.90 Å². The third-order valence-electron chi connectivity index (χ3n) is 3.41. The van der Waals surface area contributed by atoms with Crippen LogP contribution in [0.2, 0.25) is 0 Å². The molecule has 6 heteroatoms. The lowest BCUT2D eigenvalue weighted by molar-refractivity contribution is -0.145. The Balaban J connectivity index is 1.96. The second kappa shape index (κ2) is 7.58. The van der Waals surface area contributed by atoms with Gasteiger partial charge in [-0.2, -0.15) is 0 Å². The molecule has 0 bridgehead atoms. The number of hydrogen-bond acceptors (Lipinski definition) is 4. The van der Waals surface area contributed by atoms with Crippen molar-refractivity contribution in [3.63, 3.8) is 0 Å². The van der Waals surface area contributed by atoms with Crippen LogP contribution in [0.5, 0.6) is 0 Å². The first-order chi connectivity index (χ1) is 11.0. The van der Waals surface area contributed by atoms with Gasteiger partial charge in [-0.15, -0.1) is 0 Å². The number of carbonyl (C=O) groups is 2. The van der Waals surface area contributed by atoms with Gasteiger partial charge in [0.1, 0.15) is 6.54 Å². The number of hydrogen-bond donors (Lipinski definition) is 1. The molecule has 0 unspecified atom stereocenters. The summed E-state index contributed by atoms with van der Waals surface area (Å²) in [4.78, 5) is 28.5. The third kappa shape index (κ3) is 4.67. The fourth-order valence-electron chi connectivity index (χ4n) is 2.22. The third-order valence-corrected chi connectivity index (χ3v) is 3.41. The highest BCUT2D eigenvalue weighted by Crippen LogP contribution is 2.20. The highest BCUT2D eigenvalue weighted by atomic mass is 16.4. The molecule has 2 aromatic rings. The standard InChI is InChI=1S/C17H20N2O4/c1-12(2)19(11-17(21)22)16(20)9-8-15-18-10-14(23-15)13-6-4-3-5-7-13/h3-7,10,12H,8-9,11H2,1-2H3,(H,21,22). The van der Waals surface area contributed by atoms with Gasteiger partial charge in [-0.3, -0.25) is 9.59 Å². The van der Waals surface area contributed by atoms with Crippen molar-refractivity contribution < 1.29 is 19.1 Å². The zero-order chi connectivity index (χ0) is 16.8. The molecule has 1 aromatic heterocycles. The molecule has 0 saturated carbocycles. The van der Waals surface area contributed by atoms with E-state index in [1.54, 1.807) is 20.0 Å². The van der Waals surface area contributed by atoms with Crippen molar-refractivity contribution in [1.29, 1.82) is 0 Å². The summed E-state index contributed by atoms with van der Waals surface area (Å²) in [7, 11) is 0. The van der Waals surface area contributed by atoms with Crippen LogP contribution < -0.4 is 0 Å². The normalized spacial score (nSPS) is 10.7. The van der Waals surface area contributed by atoms with E-state index in [1.807, 2.05) is 30.3 Å². The zero-order valence-corrected chi connectivity index (χ0v) is 13.2. The largest absolute Gasteiger partial charge is 0.480 e. The van der Waals surface area contributed by atoms with Gasteiger partial charge in [-0.1, -0.05) is 30.3 Å². The first kappa shape index (κ1) is 16.7. The van der Waals surface area contributed by atoms with Gasteiger partial charge in [0.25, 0.3) is 0 Å². The van der Waals surface area contributed by atoms with Crippen molar-refractivity contribution >= 4 is 11.9 Å². The second-order valence-electron chi connectivity index (χ2n) is 5.49. The average molecular weight is 316 g/mol. The summed E-state index contributed by atoms with van der Waals surface area (Å²) in [6, 6.07) is 9.41. The summed E-state index contributed by atoms with van der Waals surface area (Å²) in [5.74, 6) is -0.119. The van der Waals surface area contributed by atoms with Crippen LogP contribution in [-0.4, -0.2) is 39.5 Å². The molecule has 1 heterocycles. The van der Waals surface area contributed by atoms with Crippen LogP contribution in [0.3, 0.4) is 0 Å². The van der Waals surface area contributed by atoms with Gasteiger partial charge in [0.05, 0.1) is 6.20 Å². The number of carbonyl (C=O) groups excluding carboxylic acids is 1. The van der Waals surface area contributed by atoms with E-state index in [0.717, 1.165) is 5.56 Å². The van der Waals surface area contributed by atoms with Gasteiger partial charge in [-0.25, -0.2) is 4.98 Å². The lowest BCUT2D eigenvalue weighted by Gasteiger charge is -2.24. The quantitative estimate of drug-likeness (QED) is 0.849. The molecule has 0 spiro atoms. The molecule has 0 radical (unpaired) electrons. The number of aromatic nitrogens is 1. The van der Waals surface area contributed by atoms with E-state index in [2.05, 4.69) is 4.98 Å². The molecule has 0 fully saturated rings. The molecule has 1 aromatic carbocycles. The predicted molar refractivity (Wildman–Crippen MR) is 84.7 cm³/mol. The maximum absolute atomic E-state index is 12.2. The van der Waals surface area contributed by atoms with Gasteiger partial charge in [-0.05, 0) is 13.8 Å². The molecular formula is C17H20N2O4. The maximum Gasteiger partial charge on any atom is 0.323 e. The molecular weight excluding hydrogens is 296 g/mol. The minimum Gasteiger partial charge on any atom is -0.480 e.